The van der Waals surface area contributed by atoms with Gasteiger partial charge in [-0.3, -0.25) is 4.79 Å². The van der Waals surface area contributed by atoms with Gasteiger partial charge in [0.05, 0.1) is 17.7 Å². The van der Waals surface area contributed by atoms with Gasteiger partial charge in [0.15, 0.2) is 5.13 Å². The summed E-state index contributed by atoms with van der Waals surface area (Å²) in [6, 6.07) is 12.2. The number of methoxy groups -OCH3 is 1. The number of hydrogen-bond acceptors (Lipinski definition) is 6. The van der Waals surface area contributed by atoms with Crippen LogP contribution in [-0.2, 0) is 14.8 Å². The maximum atomic E-state index is 12.9. The molecule has 0 fully saturated rings. The summed E-state index contributed by atoms with van der Waals surface area (Å²) in [5, 5.41) is 3.58. The van der Waals surface area contributed by atoms with Crippen molar-refractivity contribution in [2.45, 2.75) is 31.7 Å². The lowest BCUT2D eigenvalue weighted by molar-refractivity contribution is -0.118. The number of nitrogens with one attached hydrogen (secondary N) is 2. The van der Waals surface area contributed by atoms with Crippen molar-refractivity contribution in [1.29, 1.82) is 0 Å². The fourth-order valence-corrected chi connectivity index (χ4v) is 5.30. The minimum atomic E-state index is -3.91. The van der Waals surface area contributed by atoms with Crippen molar-refractivity contribution >= 4 is 44.0 Å². The van der Waals surface area contributed by atoms with Gasteiger partial charge in [-0.1, -0.05) is 25.4 Å². The number of nitrogens with zero attached hydrogens (tertiary/aromatic N) is 1. The van der Waals surface area contributed by atoms with E-state index in [1.165, 1.54) is 35.6 Å². The van der Waals surface area contributed by atoms with E-state index in [9.17, 15) is 13.2 Å². The highest BCUT2D eigenvalue weighted by Crippen LogP contribution is 2.31. The van der Waals surface area contributed by atoms with Crippen molar-refractivity contribution in [3.8, 4) is 17.0 Å². The van der Waals surface area contributed by atoms with Crippen molar-refractivity contribution in [3.63, 3.8) is 0 Å². The molecule has 170 valence electrons. The van der Waals surface area contributed by atoms with Gasteiger partial charge in [-0.25, -0.2) is 13.4 Å². The molecule has 7 nitrogen and oxygen atoms in total. The van der Waals surface area contributed by atoms with Crippen LogP contribution in [0.1, 0.15) is 18.7 Å². The summed E-state index contributed by atoms with van der Waals surface area (Å²) in [5.41, 5.74) is 1.64. The monoisotopic (exact) mass is 493 g/mol. The molecule has 2 N–H and O–H groups in total. The molecule has 0 saturated carbocycles. The molecular formula is C22H24ClN3O4S2. The number of aryl methyl sites for hydroxylation is 1. The fraction of sp³-hybridized carbons (Fsp3) is 0.273. The zero-order valence-corrected chi connectivity index (χ0v) is 20.4. The van der Waals surface area contributed by atoms with Gasteiger partial charge in [0.1, 0.15) is 11.8 Å². The van der Waals surface area contributed by atoms with Crippen molar-refractivity contribution in [2.75, 3.05) is 12.4 Å². The first-order valence-electron chi connectivity index (χ1n) is 9.81. The Hall–Kier alpha value is -2.46. The number of amides is 1. The van der Waals surface area contributed by atoms with Crippen LogP contribution in [0.25, 0.3) is 11.3 Å². The number of anilines is 1. The van der Waals surface area contributed by atoms with Gasteiger partial charge in [0.2, 0.25) is 15.9 Å². The third-order valence-electron chi connectivity index (χ3n) is 4.75. The minimum Gasteiger partial charge on any atom is -0.497 e. The summed E-state index contributed by atoms with van der Waals surface area (Å²) in [6.07, 6.45) is 0. The van der Waals surface area contributed by atoms with E-state index in [1.807, 2.05) is 31.2 Å². The molecule has 0 bridgehead atoms. The smallest absolute Gasteiger partial charge is 0.244 e. The molecule has 0 aliphatic heterocycles. The number of rotatable bonds is 8. The normalized spacial score (nSPS) is 12.6. The van der Waals surface area contributed by atoms with Crippen molar-refractivity contribution < 1.29 is 17.9 Å². The van der Waals surface area contributed by atoms with Gasteiger partial charge < -0.3 is 10.1 Å². The van der Waals surface area contributed by atoms with Crippen LogP contribution in [-0.4, -0.2) is 32.5 Å². The predicted octanol–water partition coefficient (Wildman–Crippen LogP) is 4.72. The van der Waals surface area contributed by atoms with E-state index in [0.29, 0.717) is 10.2 Å². The van der Waals surface area contributed by atoms with E-state index in [-0.39, 0.29) is 10.8 Å². The Kier molecular flexibility index (Phi) is 7.55. The van der Waals surface area contributed by atoms with Gasteiger partial charge >= 0.3 is 0 Å². The van der Waals surface area contributed by atoms with E-state index >= 15 is 0 Å². The SMILES string of the molecule is COc1ccc(-c2nc(NC(=O)[C@@H](NS(=O)(=O)c3ccc(Cl)cc3)C(C)C)sc2C)cc1. The van der Waals surface area contributed by atoms with Crippen LogP contribution in [0.15, 0.2) is 53.4 Å². The highest BCUT2D eigenvalue weighted by Gasteiger charge is 2.29. The number of halogens is 1. The zero-order chi connectivity index (χ0) is 23.5. The maximum absolute atomic E-state index is 12.9. The largest absolute Gasteiger partial charge is 0.497 e. The first-order valence-corrected chi connectivity index (χ1v) is 12.5. The van der Waals surface area contributed by atoms with Crippen LogP contribution in [0.4, 0.5) is 5.13 Å². The minimum absolute atomic E-state index is 0.0345. The first-order chi connectivity index (χ1) is 15.1. The Balaban J connectivity index is 1.78. The van der Waals surface area contributed by atoms with Crippen LogP contribution >= 0.6 is 22.9 Å². The van der Waals surface area contributed by atoms with Gasteiger partial charge in [0, 0.05) is 15.5 Å². The van der Waals surface area contributed by atoms with Crippen molar-refractivity contribution in [3.05, 3.63) is 58.4 Å². The molecule has 0 aliphatic rings. The lowest BCUT2D eigenvalue weighted by atomic mass is 10.1. The van der Waals surface area contributed by atoms with Crippen LogP contribution < -0.4 is 14.8 Å². The van der Waals surface area contributed by atoms with E-state index < -0.39 is 22.0 Å². The third-order valence-corrected chi connectivity index (χ3v) is 7.34. The third kappa shape index (κ3) is 5.66. The summed E-state index contributed by atoms with van der Waals surface area (Å²) in [4.78, 5) is 18.4. The van der Waals surface area contributed by atoms with Crippen LogP contribution in [0.2, 0.25) is 5.02 Å². The molecule has 3 aromatic rings. The lowest BCUT2D eigenvalue weighted by Gasteiger charge is -2.21. The van der Waals surface area contributed by atoms with Crippen LogP contribution in [0.5, 0.6) is 5.75 Å². The van der Waals surface area contributed by atoms with Crippen LogP contribution in [0, 0.1) is 12.8 Å². The van der Waals surface area contributed by atoms with Gasteiger partial charge in [-0.05, 0) is 61.4 Å². The molecule has 0 aliphatic carbocycles. The molecule has 1 aromatic heterocycles. The highest BCUT2D eigenvalue weighted by atomic mass is 35.5. The second-order valence-electron chi connectivity index (χ2n) is 7.44. The number of benzene rings is 2. The molecule has 32 heavy (non-hydrogen) atoms. The quantitative estimate of drug-likeness (QED) is 0.473. The summed E-state index contributed by atoms with van der Waals surface area (Å²) in [5.74, 6) is -0.0327. The van der Waals surface area contributed by atoms with E-state index in [4.69, 9.17) is 16.3 Å². The zero-order valence-electron chi connectivity index (χ0n) is 18.0. The molecule has 0 spiro atoms. The average molecular weight is 494 g/mol. The second-order valence-corrected chi connectivity index (χ2v) is 10.8. The van der Waals surface area contributed by atoms with E-state index in [0.717, 1.165) is 21.9 Å². The summed E-state index contributed by atoms with van der Waals surface area (Å²) < 4.78 is 33.2. The molecule has 0 unspecified atom stereocenters. The van der Waals surface area contributed by atoms with Gasteiger partial charge in [-0.15, -0.1) is 11.3 Å². The summed E-state index contributed by atoms with van der Waals surface area (Å²) >= 11 is 7.17. The molecule has 1 atom stereocenters. The lowest BCUT2D eigenvalue weighted by Crippen LogP contribution is -2.47. The predicted molar refractivity (Wildman–Crippen MR) is 128 cm³/mol. The molecule has 3 rings (SSSR count). The highest BCUT2D eigenvalue weighted by molar-refractivity contribution is 7.89. The summed E-state index contributed by atoms with van der Waals surface area (Å²) in [6.45, 7) is 5.45. The van der Waals surface area contributed by atoms with Gasteiger partial charge in [0.25, 0.3) is 0 Å². The topological polar surface area (TPSA) is 97.4 Å². The number of aromatic nitrogens is 1. The Bertz CT molecular complexity index is 1190. The first kappa shape index (κ1) is 24.2. The number of ether oxygens (including phenoxy) is 1. The maximum Gasteiger partial charge on any atom is 0.244 e. The molecular weight excluding hydrogens is 470 g/mol. The number of hydrogen-bond donors (Lipinski definition) is 2. The van der Waals surface area contributed by atoms with Gasteiger partial charge in [-0.2, -0.15) is 4.72 Å². The standard InChI is InChI=1S/C22H24ClN3O4S2/c1-13(2)19(26-32(28,29)18-11-7-16(23)8-12-18)21(27)25-22-24-20(14(3)31-22)15-5-9-17(30-4)10-6-15/h5-13,19,26H,1-4H3,(H,24,25,27)/t19-/m0/s1. The Morgan fingerprint density at radius 1 is 1.09 bits per heavy atom. The average Bonchev–Trinajstić information content (AvgIpc) is 3.12. The van der Waals surface area contributed by atoms with E-state index in [1.54, 1.807) is 21.0 Å². The number of thiazole rings is 1. The molecule has 0 radical (unpaired) electrons. The Morgan fingerprint density at radius 3 is 2.28 bits per heavy atom. The van der Waals surface area contributed by atoms with Crippen molar-refractivity contribution in [2.24, 2.45) is 5.92 Å². The van der Waals surface area contributed by atoms with Crippen LogP contribution in [0.3, 0.4) is 0 Å². The second kappa shape index (κ2) is 9.99. The summed E-state index contributed by atoms with van der Waals surface area (Å²) in [7, 11) is -2.31. The number of sulfonamides is 1. The molecule has 2 aromatic carbocycles. The number of carbonyl (C=O) groups is 1. The molecule has 1 heterocycles. The molecule has 0 saturated heterocycles. The molecule has 10 heteroatoms. The van der Waals surface area contributed by atoms with E-state index in [2.05, 4.69) is 15.0 Å². The Morgan fingerprint density at radius 2 is 1.72 bits per heavy atom. The number of carbonyl (C=O) groups excluding carboxylic acids is 1. The molecule has 1 amide bonds. The van der Waals surface area contributed by atoms with Crippen molar-refractivity contribution in [1.82, 2.24) is 9.71 Å². The fourth-order valence-electron chi connectivity index (χ4n) is 2.99. The Labute approximate surface area is 196 Å².